The van der Waals surface area contributed by atoms with Crippen LogP contribution in [0.15, 0.2) is 36.7 Å². The summed E-state index contributed by atoms with van der Waals surface area (Å²) in [5.41, 5.74) is 7.63. The Bertz CT molecular complexity index is 585. The standard InChI is InChI=1S/C17H22N2O/c1-2-20-17(9-3-4-10-17)16(18)15-7-5-6-13-12-19-11-8-14(13)15/h5-8,11-12,16H,2-4,9-10,18H2,1H3. The molecule has 1 saturated carbocycles. The molecule has 1 unspecified atom stereocenters. The fourth-order valence-electron chi connectivity index (χ4n) is 3.51. The minimum absolute atomic E-state index is 0.0731. The second-order valence-electron chi connectivity index (χ2n) is 5.63. The van der Waals surface area contributed by atoms with Gasteiger partial charge in [0, 0.05) is 24.4 Å². The normalized spacial score (nSPS) is 19.3. The molecular weight excluding hydrogens is 248 g/mol. The van der Waals surface area contributed by atoms with Crippen LogP contribution in [0.5, 0.6) is 0 Å². The highest BCUT2D eigenvalue weighted by atomic mass is 16.5. The number of hydrogen-bond acceptors (Lipinski definition) is 3. The highest BCUT2D eigenvalue weighted by Gasteiger charge is 2.41. The molecule has 0 amide bonds. The van der Waals surface area contributed by atoms with Crippen molar-refractivity contribution in [2.45, 2.75) is 44.2 Å². The molecule has 0 aliphatic heterocycles. The summed E-state index contributed by atoms with van der Waals surface area (Å²) < 4.78 is 6.11. The van der Waals surface area contributed by atoms with E-state index in [9.17, 15) is 0 Å². The summed E-state index contributed by atoms with van der Waals surface area (Å²) in [6.45, 7) is 2.78. The Morgan fingerprint density at radius 2 is 2.10 bits per heavy atom. The van der Waals surface area contributed by atoms with Gasteiger partial charge in [0.2, 0.25) is 0 Å². The molecule has 0 bridgehead atoms. The van der Waals surface area contributed by atoms with Gasteiger partial charge in [-0.15, -0.1) is 0 Å². The van der Waals surface area contributed by atoms with E-state index in [0.717, 1.165) is 24.8 Å². The number of aromatic nitrogens is 1. The van der Waals surface area contributed by atoms with Gasteiger partial charge in [-0.3, -0.25) is 4.98 Å². The third kappa shape index (κ3) is 2.21. The summed E-state index contributed by atoms with van der Waals surface area (Å²) in [6.07, 6.45) is 8.26. The highest BCUT2D eigenvalue weighted by Crippen LogP contribution is 2.43. The first kappa shape index (κ1) is 13.5. The average Bonchev–Trinajstić information content (AvgIpc) is 2.96. The molecule has 3 nitrogen and oxygen atoms in total. The van der Waals surface area contributed by atoms with Crippen LogP contribution in [0.1, 0.15) is 44.2 Å². The molecule has 1 heterocycles. The van der Waals surface area contributed by atoms with Crippen molar-refractivity contribution in [3.63, 3.8) is 0 Å². The Kier molecular flexibility index (Phi) is 3.72. The van der Waals surface area contributed by atoms with Gasteiger partial charge in [0.05, 0.1) is 11.6 Å². The number of pyridine rings is 1. The van der Waals surface area contributed by atoms with Crippen molar-refractivity contribution in [2.75, 3.05) is 6.61 Å². The van der Waals surface area contributed by atoms with E-state index in [1.54, 1.807) is 0 Å². The van der Waals surface area contributed by atoms with E-state index >= 15 is 0 Å². The second-order valence-corrected chi connectivity index (χ2v) is 5.63. The molecule has 3 rings (SSSR count). The molecule has 1 atom stereocenters. The van der Waals surface area contributed by atoms with E-state index in [1.165, 1.54) is 23.8 Å². The van der Waals surface area contributed by atoms with Crippen LogP contribution < -0.4 is 5.73 Å². The summed E-state index contributed by atoms with van der Waals surface area (Å²) in [7, 11) is 0. The molecular formula is C17H22N2O. The van der Waals surface area contributed by atoms with Crippen molar-refractivity contribution < 1.29 is 4.74 Å². The van der Waals surface area contributed by atoms with Gasteiger partial charge in [-0.1, -0.05) is 31.0 Å². The first-order valence-electron chi connectivity index (χ1n) is 7.49. The van der Waals surface area contributed by atoms with E-state index in [0.29, 0.717) is 0 Å². The lowest BCUT2D eigenvalue weighted by atomic mass is 9.85. The molecule has 2 aromatic rings. The van der Waals surface area contributed by atoms with E-state index in [1.807, 2.05) is 12.4 Å². The SMILES string of the molecule is CCOC1(C(N)c2cccc3cnccc23)CCCC1. The van der Waals surface area contributed by atoms with Gasteiger partial charge in [-0.25, -0.2) is 0 Å². The smallest absolute Gasteiger partial charge is 0.0874 e. The molecule has 3 heteroatoms. The molecule has 1 aliphatic carbocycles. The predicted octanol–water partition coefficient (Wildman–Crippen LogP) is 3.58. The zero-order chi connectivity index (χ0) is 14.0. The third-order valence-electron chi connectivity index (χ3n) is 4.50. The van der Waals surface area contributed by atoms with Gasteiger partial charge < -0.3 is 10.5 Å². The van der Waals surface area contributed by atoms with Crippen LogP contribution in [-0.4, -0.2) is 17.2 Å². The zero-order valence-corrected chi connectivity index (χ0v) is 12.0. The maximum atomic E-state index is 6.64. The van der Waals surface area contributed by atoms with Crippen LogP contribution in [0.2, 0.25) is 0 Å². The minimum Gasteiger partial charge on any atom is -0.373 e. The van der Waals surface area contributed by atoms with Crippen LogP contribution in [0.4, 0.5) is 0 Å². The van der Waals surface area contributed by atoms with Crippen molar-refractivity contribution in [2.24, 2.45) is 5.73 Å². The molecule has 0 saturated heterocycles. The molecule has 1 aromatic heterocycles. The number of nitrogens with two attached hydrogens (primary N) is 1. The quantitative estimate of drug-likeness (QED) is 0.923. The maximum Gasteiger partial charge on any atom is 0.0874 e. The fraction of sp³-hybridized carbons (Fsp3) is 0.471. The van der Waals surface area contributed by atoms with Crippen molar-refractivity contribution in [1.82, 2.24) is 4.98 Å². The minimum atomic E-state index is -0.188. The van der Waals surface area contributed by atoms with Gasteiger partial charge in [0.25, 0.3) is 0 Å². The zero-order valence-electron chi connectivity index (χ0n) is 12.0. The summed E-state index contributed by atoms with van der Waals surface area (Å²) in [4.78, 5) is 4.19. The maximum absolute atomic E-state index is 6.64. The first-order chi connectivity index (χ1) is 9.77. The van der Waals surface area contributed by atoms with E-state index in [4.69, 9.17) is 10.5 Å². The summed E-state index contributed by atoms with van der Waals surface area (Å²) in [6, 6.07) is 8.26. The fourth-order valence-corrected chi connectivity index (χ4v) is 3.51. The van der Waals surface area contributed by atoms with Gasteiger partial charge in [0.15, 0.2) is 0 Å². The number of nitrogens with zero attached hydrogens (tertiary/aromatic N) is 1. The van der Waals surface area contributed by atoms with Crippen LogP contribution in [0, 0.1) is 0 Å². The molecule has 2 N–H and O–H groups in total. The predicted molar refractivity (Wildman–Crippen MR) is 81.5 cm³/mol. The van der Waals surface area contributed by atoms with Crippen molar-refractivity contribution in [1.29, 1.82) is 0 Å². The number of fused-ring (bicyclic) bond motifs is 1. The summed E-state index contributed by atoms with van der Waals surface area (Å²) in [5, 5.41) is 2.34. The Balaban J connectivity index is 2.05. The molecule has 0 spiro atoms. The average molecular weight is 270 g/mol. The Labute approximate surface area is 120 Å². The number of benzene rings is 1. The number of hydrogen-bond donors (Lipinski definition) is 1. The molecule has 1 aromatic carbocycles. The van der Waals surface area contributed by atoms with Crippen molar-refractivity contribution in [3.05, 3.63) is 42.2 Å². The Morgan fingerprint density at radius 1 is 1.30 bits per heavy atom. The Hall–Kier alpha value is -1.45. The first-order valence-corrected chi connectivity index (χ1v) is 7.49. The van der Waals surface area contributed by atoms with Gasteiger partial charge in [0.1, 0.15) is 0 Å². The summed E-state index contributed by atoms with van der Waals surface area (Å²) >= 11 is 0. The van der Waals surface area contributed by atoms with E-state index in [2.05, 4.69) is 36.2 Å². The van der Waals surface area contributed by atoms with Gasteiger partial charge in [-0.05, 0) is 36.8 Å². The molecule has 0 radical (unpaired) electrons. The summed E-state index contributed by atoms with van der Waals surface area (Å²) in [5.74, 6) is 0. The lowest BCUT2D eigenvalue weighted by molar-refractivity contribution is -0.0533. The van der Waals surface area contributed by atoms with Crippen LogP contribution in [0.3, 0.4) is 0 Å². The van der Waals surface area contributed by atoms with Crippen LogP contribution >= 0.6 is 0 Å². The molecule has 1 fully saturated rings. The van der Waals surface area contributed by atoms with E-state index < -0.39 is 0 Å². The Morgan fingerprint density at radius 3 is 2.85 bits per heavy atom. The highest BCUT2D eigenvalue weighted by molar-refractivity contribution is 5.85. The lowest BCUT2D eigenvalue weighted by Crippen LogP contribution is -2.41. The number of rotatable bonds is 4. The second kappa shape index (κ2) is 5.51. The largest absolute Gasteiger partial charge is 0.373 e. The van der Waals surface area contributed by atoms with Crippen molar-refractivity contribution >= 4 is 10.8 Å². The van der Waals surface area contributed by atoms with Crippen molar-refractivity contribution in [3.8, 4) is 0 Å². The van der Waals surface area contributed by atoms with Crippen LogP contribution in [-0.2, 0) is 4.74 Å². The van der Waals surface area contributed by atoms with Crippen LogP contribution in [0.25, 0.3) is 10.8 Å². The topological polar surface area (TPSA) is 48.1 Å². The van der Waals surface area contributed by atoms with Gasteiger partial charge in [-0.2, -0.15) is 0 Å². The third-order valence-corrected chi connectivity index (χ3v) is 4.50. The molecule has 20 heavy (non-hydrogen) atoms. The van der Waals surface area contributed by atoms with E-state index in [-0.39, 0.29) is 11.6 Å². The monoisotopic (exact) mass is 270 g/mol. The molecule has 1 aliphatic rings. The lowest BCUT2D eigenvalue weighted by Gasteiger charge is -2.35. The molecule has 106 valence electrons. The van der Waals surface area contributed by atoms with Gasteiger partial charge >= 0.3 is 0 Å². The number of ether oxygens (including phenoxy) is 1.